The molecule has 1 aromatic carbocycles. The van der Waals surface area contributed by atoms with Crippen molar-refractivity contribution in [2.24, 2.45) is 5.73 Å². The number of benzene rings is 1. The van der Waals surface area contributed by atoms with Gasteiger partial charge in [-0.3, -0.25) is 19.2 Å². The number of nitrogens with one attached hydrogen (secondary N) is 4. The van der Waals surface area contributed by atoms with Gasteiger partial charge in [0.25, 0.3) is 0 Å². The number of carboxylic acids is 2. The minimum Gasteiger partial charge on any atom is -0.481 e. The summed E-state index contributed by atoms with van der Waals surface area (Å²) in [6, 6.07) is 3.79. The lowest BCUT2D eigenvalue weighted by Crippen LogP contribution is -2.58. The summed E-state index contributed by atoms with van der Waals surface area (Å²) in [5.41, 5.74) is 6.80. The fourth-order valence-electron chi connectivity index (χ4n) is 3.32. The number of hydrogen-bond donors (Lipinski definition) is 8. The molecule has 0 fully saturated rings. The average molecular weight is 535 g/mol. The van der Waals surface area contributed by atoms with Crippen LogP contribution in [-0.4, -0.2) is 79.8 Å². The van der Waals surface area contributed by atoms with Crippen LogP contribution in [-0.2, 0) is 36.8 Å². The highest BCUT2D eigenvalue weighted by Gasteiger charge is 2.31. The minimum atomic E-state index is -1.32. The zero-order chi connectivity index (χ0) is 27.4. The Morgan fingerprint density at radius 3 is 2.11 bits per heavy atom. The Labute approximate surface area is 218 Å². The van der Waals surface area contributed by atoms with Crippen molar-refractivity contribution >= 4 is 42.3 Å². The summed E-state index contributed by atoms with van der Waals surface area (Å²) in [6.07, 6.45) is 2.03. The number of aliphatic carboxylic acids is 2. The van der Waals surface area contributed by atoms with Gasteiger partial charge in [-0.05, 0) is 12.0 Å². The number of carbonyl (C=O) groups excluding carboxylic acids is 3. The number of hydrogen-bond acceptors (Lipinski definition) is 8. The van der Waals surface area contributed by atoms with E-state index in [4.69, 9.17) is 10.8 Å². The first-order valence-electron chi connectivity index (χ1n) is 11.3. The normalized spacial score (nSPS) is 14.0. The van der Waals surface area contributed by atoms with Gasteiger partial charge in [-0.2, -0.15) is 12.6 Å². The molecule has 1 aromatic heterocycles. The number of carboxylic acid groups (broad SMARTS) is 2. The molecule has 0 saturated carbocycles. The number of aromatic amines is 1. The summed E-state index contributed by atoms with van der Waals surface area (Å²) < 4.78 is 0. The third-order valence-corrected chi connectivity index (χ3v) is 5.72. The zero-order valence-electron chi connectivity index (χ0n) is 19.8. The summed E-state index contributed by atoms with van der Waals surface area (Å²) in [7, 11) is 0. The van der Waals surface area contributed by atoms with Gasteiger partial charge in [0, 0.05) is 36.9 Å². The molecule has 0 aliphatic carbocycles. The van der Waals surface area contributed by atoms with Gasteiger partial charge in [-0.25, -0.2) is 9.78 Å². The van der Waals surface area contributed by atoms with E-state index in [1.807, 2.05) is 0 Å². The van der Waals surface area contributed by atoms with Crippen molar-refractivity contribution in [3.63, 3.8) is 0 Å². The van der Waals surface area contributed by atoms with Crippen LogP contribution in [0.15, 0.2) is 42.9 Å². The van der Waals surface area contributed by atoms with E-state index in [0.717, 1.165) is 0 Å². The molecule has 0 bridgehead atoms. The van der Waals surface area contributed by atoms with Gasteiger partial charge in [0.05, 0.1) is 12.4 Å². The summed E-state index contributed by atoms with van der Waals surface area (Å²) in [6.45, 7) is 0. The maximum absolute atomic E-state index is 13.2. The molecule has 3 amide bonds. The molecule has 13 nitrogen and oxygen atoms in total. The first kappa shape index (κ1) is 29.3. The molecule has 2 rings (SSSR count). The molecule has 200 valence electrons. The van der Waals surface area contributed by atoms with E-state index in [2.05, 4.69) is 38.5 Å². The Hall–Kier alpha value is -3.91. The van der Waals surface area contributed by atoms with Crippen LogP contribution >= 0.6 is 12.6 Å². The van der Waals surface area contributed by atoms with Crippen LogP contribution in [0.5, 0.6) is 0 Å². The van der Waals surface area contributed by atoms with Crippen LogP contribution in [0.2, 0.25) is 0 Å². The second kappa shape index (κ2) is 14.6. The lowest BCUT2D eigenvalue weighted by atomic mass is 10.0. The number of imidazole rings is 1. The molecule has 14 heteroatoms. The van der Waals surface area contributed by atoms with Gasteiger partial charge in [0.2, 0.25) is 17.7 Å². The number of thiol groups is 1. The van der Waals surface area contributed by atoms with Crippen LogP contribution in [0.3, 0.4) is 0 Å². The van der Waals surface area contributed by atoms with Crippen molar-refractivity contribution in [2.45, 2.75) is 49.9 Å². The van der Waals surface area contributed by atoms with Crippen molar-refractivity contribution in [2.75, 3.05) is 5.75 Å². The smallest absolute Gasteiger partial charge is 0.326 e. The second-order valence-electron chi connectivity index (χ2n) is 8.21. The summed E-state index contributed by atoms with van der Waals surface area (Å²) in [5, 5.41) is 26.0. The fourth-order valence-corrected chi connectivity index (χ4v) is 3.48. The number of amides is 3. The summed E-state index contributed by atoms with van der Waals surface area (Å²) in [5.74, 6) is -4.80. The Bertz CT molecular complexity index is 1070. The van der Waals surface area contributed by atoms with Gasteiger partial charge >= 0.3 is 11.9 Å². The molecule has 2 aromatic rings. The van der Waals surface area contributed by atoms with Crippen LogP contribution in [0, 0.1) is 0 Å². The highest BCUT2D eigenvalue weighted by atomic mass is 32.1. The van der Waals surface area contributed by atoms with Crippen molar-refractivity contribution in [1.82, 2.24) is 25.9 Å². The zero-order valence-corrected chi connectivity index (χ0v) is 20.7. The SMILES string of the molecule is N[C@@H](CS)C(=O)N[C@@H](CCC(=O)O)C(=O)N[C@@H](Cc1ccccc1)C(=O)N[C@@H](Cc1cnc[nH]1)C(=O)O. The van der Waals surface area contributed by atoms with E-state index in [1.165, 1.54) is 12.5 Å². The molecule has 0 spiro atoms. The fraction of sp³-hybridized carbons (Fsp3) is 0.391. The van der Waals surface area contributed by atoms with Gasteiger partial charge in [0.1, 0.15) is 18.1 Å². The molecular weight excluding hydrogens is 504 g/mol. The molecule has 0 aliphatic heterocycles. The van der Waals surface area contributed by atoms with E-state index < -0.39 is 60.2 Å². The quantitative estimate of drug-likeness (QED) is 0.129. The molecular formula is C23H30N6O7S. The largest absolute Gasteiger partial charge is 0.481 e. The van der Waals surface area contributed by atoms with Crippen molar-refractivity contribution < 1.29 is 34.2 Å². The van der Waals surface area contributed by atoms with Crippen molar-refractivity contribution in [3.8, 4) is 0 Å². The molecule has 8 N–H and O–H groups in total. The standard InChI is InChI=1S/C23H30N6O7S/c24-15(11-37)20(32)27-16(6-7-19(30)31)21(33)28-17(8-13-4-2-1-3-5-13)22(34)29-18(23(35)36)9-14-10-25-12-26-14/h1-5,10,12,15-18,37H,6-9,11,24H2,(H,25,26)(H,27,32)(H,28,33)(H,29,34)(H,30,31)(H,35,36)/t15-,16-,17-,18-/m0/s1. The number of nitrogens with two attached hydrogens (primary N) is 1. The number of nitrogens with zero attached hydrogens (tertiary/aromatic N) is 1. The van der Waals surface area contributed by atoms with E-state index in [0.29, 0.717) is 11.3 Å². The molecule has 1 heterocycles. The topological polar surface area (TPSA) is 217 Å². The number of H-pyrrole nitrogens is 1. The van der Waals surface area contributed by atoms with Gasteiger partial charge in [-0.1, -0.05) is 30.3 Å². The van der Waals surface area contributed by atoms with Crippen LogP contribution < -0.4 is 21.7 Å². The average Bonchev–Trinajstić information content (AvgIpc) is 3.38. The first-order valence-corrected chi connectivity index (χ1v) is 12.0. The van der Waals surface area contributed by atoms with Gasteiger partial charge < -0.3 is 36.9 Å². The van der Waals surface area contributed by atoms with E-state index in [-0.39, 0.29) is 25.0 Å². The van der Waals surface area contributed by atoms with Crippen molar-refractivity contribution in [1.29, 1.82) is 0 Å². The minimum absolute atomic E-state index is 0.00452. The Balaban J connectivity index is 2.23. The van der Waals surface area contributed by atoms with Gasteiger partial charge in [-0.15, -0.1) is 0 Å². The lowest BCUT2D eigenvalue weighted by molar-refractivity contribution is -0.142. The number of aromatic nitrogens is 2. The van der Waals surface area contributed by atoms with E-state index >= 15 is 0 Å². The Morgan fingerprint density at radius 2 is 1.54 bits per heavy atom. The van der Waals surface area contributed by atoms with Crippen molar-refractivity contribution in [3.05, 3.63) is 54.1 Å². The summed E-state index contributed by atoms with van der Waals surface area (Å²) >= 11 is 3.94. The maximum Gasteiger partial charge on any atom is 0.326 e. The van der Waals surface area contributed by atoms with Crippen LogP contribution in [0.1, 0.15) is 24.1 Å². The Kier molecular flexibility index (Phi) is 11.6. The highest BCUT2D eigenvalue weighted by molar-refractivity contribution is 7.80. The van der Waals surface area contributed by atoms with E-state index in [1.54, 1.807) is 30.3 Å². The van der Waals surface area contributed by atoms with Crippen LogP contribution in [0.4, 0.5) is 0 Å². The number of carbonyl (C=O) groups is 5. The van der Waals surface area contributed by atoms with Gasteiger partial charge in [0.15, 0.2) is 0 Å². The Morgan fingerprint density at radius 1 is 0.919 bits per heavy atom. The van der Waals surface area contributed by atoms with Crippen LogP contribution in [0.25, 0.3) is 0 Å². The first-order chi connectivity index (χ1) is 17.6. The second-order valence-corrected chi connectivity index (χ2v) is 8.58. The molecule has 0 radical (unpaired) electrons. The lowest BCUT2D eigenvalue weighted by Gasteiger charge is -2.25. The molecule has 37 heavy (non-hydrogen) atoms. The summed E-state index contributed by atoms with van der Waals surface area (Å²) in [4.78, 5) is 68.0. The molecule has 4 atom stereocenters. The third kappa shape index (κ3) is 9.93. The molecule has 0 unspecified atom stereocenters. The third-order valence-electron chi connectivity index (χ3n) is 5.32. The molecule has 0 aliphatic rings. The predicted molar refractivity (Wildman–Crippen MR) is 135 cm³/mol. The highest BCUT2D eigenvalue weighted by Crippen LogP contribution is 2.07. The van der Waals surface area contributed by atoms with E-state index in [9.17, 15) is 29.1 Å². The maximum atomic E-state index is 13.2. The number of rotatable bonds is 15. The monoisotopic (exact) mass is 534 g/mol. The predicted octanol–water partition coefficient (Wildman–Crippen LogP) is -1.14. The molecule has 0 saturated heterocycles.